The Morgan fingerprint density at radius 2 is 1.58 bits per heavy atom. The second-order valence-corrected chi connectivity index (χ2v) is 8.01. The molecule has 1 N–H and O–H groups in total. The van der Waals surface area contributed by atoms with Crippen molar-refractivity contribution in [3.8, 4) is 0 Å². The van der Waals surface area contributed by atoms with Crippen LogP contribution in [0.25, 0.3) is 0 Å². The van der Waals surface area contributed by atoms with E-state index in [0.717, 1.165) is 37.0 Å². The Morgan fingerprint density at radius 1 is 1.00 bits per heavy atom. The van der Waals surface area contributed by atoms with Gasteiger partial charge in [-0.15, -0.1) is 0 Å². The standard InChI is InChI=1S/C23H23N3O5/c27-21(24-16-6-2-1-3-7-16)20(14-15-10-12-17(13-11-15)26(30)31)25-22(28)18-8-4-5-9-19(18)23(25)29/h4-5,8-13,16,20H,1-3,6-7,14H2,(H,24,27)/t20-/m0/s1. The van der Waals surface area contributed by atoms with Crippen molar-refractivity contribution in [2.24, 2.45) is 0 Å². The summed E-state index contributed by atoms with van der Waals surface area (Å²) in [5.41, 5.74) is 1.14. The van der Waals surface area contributed by atoms with Gasteiger partial charge in [0.15, 0.2) is 0 Å². The van der Waals surface area contributed by atoms with Crippen molar-refractivity contribution in [2.75, 3.05) is 0 Å². The molecule has 2 aromatic rings. The van der Waals surface area contributed by atoms with Crippen LogP contribution in [0.4, 0.5) is 5.69 Å². The lowest BCUT2D eigenvalue weighted by Gasteiger charge is -2.29. The molecule has 4 rings (SSSR count). The lowest BCUT2D eigenvalue weighted by Crippen LogP contribution is -2.53. The SMILES string of the molecule is O=C(NC1CCCCC1)[C@H](Cc1ccc([N+](=O)[O-])cc1)N1C(=O)c2ccccc2C1=O. The molecule has 2 aliphatic rings. The average Bonchev–Trinajstić information content (AvgIpc) is 3.03. The summed E-state index contributed by atoms with van der Waals surface area (Å²) in [6.07, 6.45) is 5.03. The first-order chi connectivity index (χ1) is 15.0. The largest absolute Gasteiger partial charge is 0.352 e. The van der Waals surface area contributed by atoms with E-state index in [1.807, 2.05) is 0 Å². The Balaban J connectivity index is 1.62. The van der Waals surface area contributed by atoms with Crippen LogP contribution in [-0.4, -0.2) is 39.6 Å². The van der Waals surface area contributed by atoms with E-state index < -0.39 is 22.8 Å². The average molecular weight is 421 g/mol. The Labute approximate surface area is 179 Å². The molecule has 31 heavy (non-hydrogen) atoms. The van der Waals surface area contributed by atoms with Gasteiger partial charge in [0.2, 0.25) is 5.91 Å². The van der Waals surface area contributed by atoms with Crippen LogP contribution in [0.5, 0.6) is 0 Å². The lowest BCUT2D eigenvalue weighted by atomic mass is 9.94. The minimum atomic E-state index is -1.03. The van der Waals surface area contributed by atoms with Gasteiger partial charge in [0.1, 0.15) is 6.04 Å². The number of non-ortho nitro benzene ring substituents is 1. The van der Waals surface area contributed by atoms with Crippen LogP contribution in [0, 0.1) is 10.1 Å². The molecule has 0 saturated heterocycles. The fourth-order valence-electron chi connectivity index (χ4n) is 4.31. The highest BCUT2D eigenvalue weighted by Crippen LogP contribution is 2.27. The summed E-state index contributed by atoms with van der Waals surface area (Å²) in [5.74, 6) is -1.36. The van der Waals surface area contributed by atoms with Crippen molar-refractivity contribution >= 4 is 23.4 Å². The van der Waals surface area contributed by atoms with Crippen molar-refractivity contribution in [1.82, 2.24) is 10.2 Å². The minimum absolute atomic E-state index is 0.0239. The number of nitrogens with zero attached hydrogens (tertiary/aromatic N) is 2. The molecule has 0 aromatic heterocycles. The molecule has 0 bridgehead atoms. The Morgan fingerprint density at radius 3 is 2.13 bits per heavy atom. The molecule has 0 spiro atoms. The van der Waals surface area contributed by atoms with E-state index in [0.29, 0.717) is 5.56 Å². The number of imide groups is 1. The Bertz CT molecular complexity index is 993. The third-order valence-corrected chi connectivity index (χ3v) is 5.97. The van der Waals surface area contributed by atoms with Crippen molar-refractivity contribution < 1.29 is 19.3 Å². The number of nitro groups is 1. The van der Waals surface area contributed by atoms with Crippen LogP contribution in [0.15, 0.2) is 48.5 Å². The highest BCUT2D eigenvalue weighted by atomic mass is 16.6. The zero-order valence-electron chi connectivity index (χ0n) is 17.0. The van der Waals surface area contributed by atoms with E-state index in [1.54, 1.807) is 36.4 Å². The molecule has 160 valence electrons. The van der Waals surface area contributed by atoms with Crippen LogP contribution in [0.2, 0.25) is 0 Å². The second-order valence-electron chi connectivity index (χ2n) is 8.01. The van der Waals surface area contributed by atoms with Crippen LogP contribution >= 0.6 is 0 Å². The summed E-state index contributed by atoms with van der Waals surface area (Å²) in [4.78, 5) is 50.7. The van der Waals surface area contributed by atoms with E-state index in [9.17, 15) is 24.5 Å². The molecule has 0 radical (unpaired) electrons. The zero-order chi connectivity index (χ0) is 22.0. The third kappa shape index (κ3) is 4.19. The lowest BCUT2D eigenvalue weighted by molar-refractivity contribution is -0.384. The fraction of sp³-hybridized carbons (Fsp3) is 0.348. The first-order valence-electron chi connectivity index (χ1n) is 10.5. The number of nitrogens with one attached hydrogen (secondary N) is 1. The molecule has 1 fully saturated rings. The number of hydrogen-bond donors (Lipinski definition) is 1. The Hall–Kier alpha value is -3.55. The molecule has 1 aliphatic carbocycles. The smallest absolute Gasteiger partial charge is 0.269 e. The number of nitro benzene ring substituents is 1. The molecular weight excluding hydrogens is 398 g/mol. The van der Waals surface area contributed by atoms with Gasteiger partial charge in [-0.3, -0.25) is 29.4 Å². The van der Waals surface area contributed by atoms with Gasteiger partial charge in [0, 0.05) is 24.6 Å². The minimum Gasteiger partial charge on any atom is -0.352 e. The van der Waals surface area contributed by atoms with Crippen LogP contribution in [-0.2, 0) is 11.2 Å². The zero-order valence-corrected chi connectivity index (χ0v) is 17.0. The summed E-state index contributed by atoms with van der Waals surface area (Å²) >= 11 is 0. The Kier molecular flexibility index (Phi) is 5.79. The number of hydrogen-bond acceptors (Lipinski definition) is 5. The van der Waals surface area contributed by atoms with E-state index in [4.69, 9.17) is 0 Å². The van der Waals surface area contributed by atoms with Gasteiger partial charge in [-0.2, -0.15) is 0 Å². The molecule has 1 heterocycles. The molecule has 1 aliphatic heterocycles. The molecule has 1 atom stereocenters. The van der Waals surface area contributed by atoms with Crippen LogP contribution in [0.3, 0.4) is 0 Å². The normalized spacial score (nSPS) is 17.4. The first-order valence-corrected chi connectivity index (χ1v) is 10.5. The summed E-state index contributed by atoms with van der Waals surface area (Å²) in [7, 11) is 0. The number of amides is 3. The highest BCUT2D eigenvalue weighted by molar-refractivity contribution is 6.22. The number of benzene rings is 2. The number of rotatable bonds is 6. The second kappa shape index (κ2) is 8.67. The van der Waals surface area contributed by atoms with Crippen molar-refractivity contribution in [3.63, 3.8) is 0 Å². The fourth-order valence-corrected chi connectivity index (χ4v) is 4.31. The first kappa shape index (κ1) is 20.7. The maximum absolute atomic E-state index is 13.3. The molecule has 2 aromatic carbocycles. The van der Waals surface area contributed by atoms with Gasteiger partial charge in [0.25, 0.3) is 17.5 Å². The van der Waals surface area contributed by atoms with Gasteiger partial charge in [0.05, 0.1) is 16.1 Å². The van der Waals surface area contributed by atoms with Crippen LogP contribution < -0.4 is 5.32 Å². The summed E-state index contributed by atoms with van der Waals surface area (Å²) in [5, 5.41) is 13.9. The van der Waals surface area contributed by atoms with E-state index in [-0.39, 0.29) is 35.2 Å². The van der Waals surface area contributed by atoms with E-state index >= 15 is 0 Å². The van der Waals surface area contributed by atoms with Gasteiger partial charge in [-0.05, 0) is 30.5 Å². The van der Waals surface area contributed by atoms with Gasteiger partial charge >= 0.3 is 0 Å². The topological polar surface area (TPSA) is 110 Å². The summed E-state index contributed by atoms with van der Waals surface area (Å²) in [6, 6.07) is 11.3. The predicted molar refractivity (Wildman–Crippen MR) is 113 cm³/mol. The number of fused-ring (bicyclic) bond motifs is 1. The molecule has 8 nitrogen and oxygen atoms in total. The molecular formula is C23H23N3O5. The summed E-state index contributed by atoms with van der Waals surface area (Å²) < 4.78 is 0. The van der Waals surface area contributed by atoms with Gasteiger partial charge in [-0.25, -0.2) is 0 Å². The quantitative estimate of drug-likeness (QED) is 0.437. The van der Waals surface area contributed by atoms with Gasteiger partial charge in [-0.1, -0.05) is 43.5 Å². The molecule has 3 amide bonds. The van der Waals surface area contributed by atoms with Crippen molar-refractivity contribution in [3.05, 3.63) is 75.3 Å². The maximum Gasteiger partial charge on any atom is 0.269 e. The maximum atomic E-state index is 13.3. The molecule has 8 heteroatoms. The molecule has 0 unspecified atom stereocenters. The predicted octanol–water partition coefficient (Wildman–Crippen LogP) is 3.25. The summed E-state index contributed by atoms with van der Waals surface area (Å²) in [6.45, 7) is 0. The highest BCUT2D eigenvalue weighted by Gasteiger charge is 2.43. The van der Waals surface area contributed by atoms with E-state index in [1.165, 1.54) is 12.1 Å². The number of carbonyl (C=O) groups is 3. The van der Waals surface area contributed by atoms with Crippen molar-refractivity contribution in [1.29, 1.82) is 0 Å². The van der Waals surface area contributed by atoms with Gasteiger partial charge < -0.3 is 5.32 Å². The van der Waals surface area contributed by atoms with Crippen molar-refractivity contribution in [2.45, 2.75) is 50.6 Å². The van der Waals surface area contributed by atoms with Crippen LogP contribution in [0.1, 0.15) is 58.4 Å². The monoisotopic (exact) mass is 421 g/mol. The van der Waals surface area contributed by atoms with E-state index in [2.05, 4.69) is 5.32 Å². The third-order valence-electron chi connectivity index (χ3n) is 5.97. The number of carbonyl (C=O) groups excluding carboxylic acids is 3. The molecule has 1 saturated carbocycles.